The van der Waals surface area contributed by atoms with Gasteiger partial charge in [-0.3, -0.25) is 0 Å². The summed E-state index contributed by atoms with van der Waals surface area (Å²) < 4.78 is 5.72. The van der Waals surface area contributed by atoms with Crippen LogP contribution in [0.5, 0.6) is 0 Å². The van der Waals surface area contributed by atoms with Crippen LogP contribution in [0.2, 0.25) is 0 Å². The van der Waals surface area contributed by atoms with E-state index in [9.17, 15) is 0 Å². The Morgan fingerprint density at radius 3 is 2.43 bits per heavy atom. The summed E-state index contributed by atoms with van der Waals surface area (Å²) in [6.07, 6.45) is 3.80. The molecule has 0 radical (unpaired) electrons. The van der Waals surface area contributed by atoms with Gasteiger partial charge in [-0.05, 0) is 38.5 Å². The van der Waals surface area contributed by atoms with Crippen molar-refractivity contribution in [3.8, 4) is 0 Å². The molecule has 82 valence electrons. The van der Waals surface area contributed by atoms with Crippen molar-refractivity contribution >= 4 is 0 Å². The fraction of sp³-hybridized carbons (Fsp3) is 1.00. The molecule has 1 N–H and O–H groups in total. The summed E-state index contributed by atoms with van der Waals surface area (Å²) in [5.41, 5.74) is 0.669. The molecule has 1 saturated heterocycles. The van der Waals surface area contributed by atoms with E-state index in [4.69, 9.17) is 4.74 Å². The molecule has 1 heterocycles. The second-order valence-corrected chi connectivity index (χ2v) is 5.90. The number of hydrogen-bond acceptors (Lipinski definition) is 2. The van der Waals surface area contributed by atoms with E-state index in [0.717, 1.165) is 19.1 Å². The summed E-state index contributed by atoms with van der Waals surface area (Å²) in [5.74, 6) is 0. The van der Waals surface area contributed by atoms with Gasteiger partial charge in [-0.2, -0.15) is 0 Å². The van der Waals surface area contributed by atoms with Crippen LogP contribution in [0.15, 0.2) is 0 Å². The predicted molar refractivity (Wildman–Crippen MR) is 58.4 cm³/mol. The van der Waals surface area contributed by atoms with Gasteiger partial charge >= 0.3 is 0 Å². The fourth-order valence-electron chi connectivity index (χ4n) is 2.49. The first-order chi connectivity index (χ1) is 6.45. The summed E-state index contributed by atoms with van der Waals surface area (Å²) in [5, 5.41) is 3.72. The lowest BCUT2D eigenvalue weighted by Gasteiger charge is -2.17. The van der Waals surface area contributed by atoms with Gasteiger partial charge in [-0.25, -0.2) is 0 Å². The monoisotopic (exact) mass is 197 g/mol. The smallest absolute Gasteiger partial charge is 0.0643 e. The average molecular weight is 197 g/mol. The van der Waals surface area contributed by atoms with Crippen molar-refractivity contribution in [3.05, 3.63) is 0 Å². The Bertz CT molecular complexity index is 226. The highest BCUT2D eigenvalue weighted by Gasteiger charge is 2.49. The third-order valence-electron chi connectivity index (χ3n) is 4.01. The van der Waals surface area contributed by atoms with Crippen LogP contribution >= 0.6 is 0 Å². The molecule has 1 aliphatic carbocycles. The van der Waals surface area contributed by atoms with Gasteiger partial charge in [0.15, 0.2) is 0 Å². The highest BCUT2D eigenvalue weighted by atomic mass is 16.5. The zero-order chi connectivity index (χ0) is 10.4. The largest absolute Gasteiger partial charge is 0.374 e. The van der Waals surface area contributed by atoms with Crippen molar-refractivity contribution in [1.29, 1.82) is 0 Å². The molecule has 2 heteroatoms. The van der Waals surface area contributed by atoms with Gasteiger partial charge in [-0.1, -0.05) is 13.8 Å². The van der Waals surface area contributed by atoms with Gasteiger partial charge in [0, 0.05) is 12.1 Å². The van der Waals surface area contributed by atoms with E-state index >= 15 is 0 Å². The zero-order valence-corrected chi connectivity index (χ0v) is 9.89. The minimum atomic E-state index is 0.0924. The predicted octanol–water partition coefficient (Wildman–Crippen LogP) is 2.33. The summed E-state index contributed by atoms with van der Waals surface area (Å²) >= 11 is 0. The van der Waals surface area contributed by atoms with Crippen LogP contribution < -0.4 is 5.32 Å². The van der Waals surface area contributed by atoms with E-state index in [0.29, 0.717) is 11.5 Å². The first-order valence-electron chi connectivity index (χ1n) is 5.85. The van der Waals surface area contributed by atoms with E-state index in [1.165, 1.54) is 12.8 Å². The molecule has 2 rings (SSSR count). The highest BCUT2D eigenvalue weighted by molar-refractivity contribution is 5.05. The maximum atomic E-state index is 5.72. The molecular formula is C12H23NO. The Morgan fingerprint density at radius 1 is 1.29 bits per heavy atom. The SMILES string of the molecule is CCC1(C)CC1NC1COC(C)(C)C1. The molecule has 0 amide bonds. The number of ether oxygens (including phenoxy) is 1. The van der Waals surface area contributed by atoms with Crippen LogP contribution in [-0.2, 0) is 4.74 Å². The van der Waals surface area contributed by atoms with Crippen molar-refractivity contribution in [2.75, 3.05) is 6.61 Å². The van der Waals surface area contributed by atoms with Crippen molar-refractivity contribution in [2.24, 2.45) is 5.41 Å². The lowest BCUT2D eigenvalue weighted by molar-refractivity contribution is 0.0356. The Balaban J connectivity index is 1.79. The van der Waals surface area contributed by atoms with Crippen LogP contribution in [0, 0.1) is 5.41 Å². The third kappa shape index (κ3) is 1.96. The number of nitrogens with one attached hydrogen (secondary N) is 1. The Hall–Kier alpha value is -0.0800. The van der Waals surface area contributed by atoms with Crippen LogP contribution in [0.25, 0.3) is 0 Å². The van der Waals surface area contributed by atoms with Crippen LogP contribution in [0.4, 0.5) is 0 Å². The van der Waals surface area contributed by atoms with Crippen molar-refractivity contribution in [2.45, 2.75) is 64.6 Å². The van der Waals surface area contributed by atoms with Crippen molar-refractivity contribution < 1.29 is 4.74 Å². The Morgan fingerprint density at radius 2 is 2.00 bits per heavy atom. The Kier molecular flexibility index (Phi) is 2.39. The molecule has 0 bridgehead atoms. The van der Waals surface area contributed by atoms with E-state index in [1.54, 1.807) is 0 Å². The molecule has 0 aromatic rings. The van der Waals surface area contributed by atoms with E-state index in [2.05, 4.69) is 33.0 Å². The third-order valence-corrected chi connectivity index (χ3v) is 4.01. The van der Waals surface area contributed by atoms with Crippen molar-refractivity contribution in [3.63, 3.8) is 0 Å². The number of hydrogen-bond donors (Lipinski definition) is 1. The van der Waals surface area contributed by atoms with E-state index < -0.39 is 0 Å². The molecule has 0 spiro atoms. The van der Waals surface area contributed by atoms with Gasteiger partial charge in [0.2, 0.25) is 0 Å². The summed E-state index contributed by atoms with van der Waals surface area (Å²) in [6, 6.07) is 1.33. The summed E-state index contributed by atoms with van der Waals surface area (Å²) in [4.78, 5) is 0. The molecule has 0 aromatic carbocycles. The first-order valence-corrected chi connectivity index (χ1v) is 5.85. The fourth-order valence-corrected chi connectivity index (χ4v) is 2.49. The van der Waals surface area contributed by atoms with E-state index in [1.807, 2.05) is 0 Å². The van der Waals surface area contributed by atoms with Crippen LogP contribution in [0.1, 0.15) is 47.0 Å². The molecule has 0 aromatic heterocycles. The van der Waals surface area contributed by atoms with Crippen LogP contribution in [-0.4, -0.2) is 24.3 Å². The molecule has 2 nitrogen and oxygen atoms in total. The van der Waals surface area contributed by atoms with Crippen molar-refractivity contribution in [1.82, 2.24) is 5.32 Å². The molecule has 2 aliphatic rings. The lowest BCUT2D eigenvalue weighted by Crippen LogP contribution is -2.34. The molecule has 14 heavy (non-hydrogen) atoms. The van der Waals surface area contributed by atoms with Gasteiger partial charge in [0.25, 0.3) is 0 Å². The minimum absolute atomic E-state index is 0.0924. The first kappa shape index (κ1) is 10.4. The van der Waals surface area contributed by atoms with Gasteiger partial charge in [-0.15, -0.1) is 0 Å². The molecule has 3 unspecified atom stereocenters. The topological polar surface area (TPSA) is 21.3 Å². The maximum absolute atomic E-state index is 5.72. The molecule has 2 fully saturated rings. The van der Waals surface area contributed by atoms with Gasteiger partial charge in [0.05, 0.1) is 12.2 Å². The van der Waals surface area contributed by atoms with E-state index in [-0.39, 0.29) is 5.60 Å². The van der Waals surface area contributed by atoms with Gasteiger partial charge in [0.1, 0.15) is 0 Å². The zero-order valence-electron chi connectivity index (χ0n) is 9.89. The second kappa shape index (κ2) is 3.21. The molecule has 3 atom stereocenters. The standard InChI is InChI=1S/C12H23NO/c1-5-12(4)7-10(12)13-9-6-11(2,3)14-8-9/h9-10,13H,5-8H2,1-4H3. The molecular weight excluding hydrogens is 174 g/mol. The minimum Gasteiger partial charge on any atom is -0.374 e. The highest BCUT2D eigenvalue weighted by Crippen LogP contribution is 2.48. The molecule has 1 saturated carbocycles. The van der Waals surface area contributed by atoms with Crippen LogP contribution in [0.3, 0.4) is 0 Å². The maximum Gasteiger partial charge on any atom is 0.0643 e. The number of rotatable bonds is 3. The summed E-state index contributed by atoms with van der Waals surface area (Å²) in [7, 11) is 0. The van der Waals surface area contributed by atoms with Gasteiger partial charge < -0.3 is 10.1 Å². The quantitative estimate of drug-likeness (QED) is 0.750. The lowest BCUT2D eigenvalue weighted by atomic mass is 10.0. The summed E-state index contributed by atoms with van der Waals surface area (Å²) in [6.45, 7) is 9.92. The second-order valence-electron chi connectivity index (χ2n) is 5.90. The Labute approximate surface area is 87.4 Å². The average Bonchev–Trinajstić information content (AvgIpc) is 2.60. The normalized spacial score (nSPS) is 45.4. The molecule has 1 aliphatic heterocycles.